The fourth-order valence-electron chi connectivity index (χ4n) is 7.04. The molecule has 2 atom stereocenters. The predicted octanol–water partition coefficient (Wildman–Crippen LogP) is 8.10. The summed E-state index contributed by atoms with van der Waals surface area (Å²) in [6, 6.07) is 15.4. The van der Waals surface area contributed by atoms with Crippen molar-refractivity contribution in [2.45, 2.75) is 97.3 Å². The molecule has 0 radical (unpaired) electrons. The Morgan fingerprint density at radius 1 is 1.02 bits per heavy atom. The van der Waals surface area contributed by atoms with Gasteiger partial charge < -0.3 is 25.0 Å². The number of nitrogens with zero attached hydrogens (tertiary/aromatic N) is 2. The number of esters is 1. The smallest absolute Gasteiger partial charge is 0.410 e. The molecule has 2 fully saturated rings. The number of rotatable bonds is 11. The highest BCUT2D eigenvalue weighted by molar-refractivity contribution is 5.97. The van der Waals surface area contributed by atoms with Gasteiger partial charge in [0.2, 0.25) is 0 Å². The molecule has 2 N–H and O–H groups in total. The Morgan fingerprint density at radius 2 is 1.74 bits per heavy atom. The van der Waals surface area contributed by atoms with Gasteiger partial charge in [-0.2, -0.15) is 0 Å². The molecule has 290 valence electrons. The van der Waals surface area contributed by atoms with Crippen LogP contribution in [0.1, 0.15) is 99.8 Å². The first-order chi connectivity index (χ1) is 25.6. The van der Waals surface area contributed by atoms with Crippen LogP contribution in [0.25, 0.3) is 10.8 Å². The largest absolute Gasteiger partial charge is 0.466 e. The molecule has 3 aromatic rings. The van der Waals surface area contributed by atoms with Gasteiger partial charge in [0.15, 0.2) is 0 Å². The van der Waals surface area contributed by atoms with Gasteiger partial charge >= 0.3 is 12.1 Å². The average molecular weight is 745 g/mol. The lowest BCUT2D eigenvalue weighted by molar-refractivity contribution is -0.143. The molecular weight excluding hydrogens is 690 g/mol. The second-order valence-corrected chi connectivity index (χ2v) is 15.4. The first kappa shape index (κ1) is 40.5. The Balaban J connectivity index is 1.20. The number of hydrogen-bond donors (Lipinski definition) is 2. The van der Waals surface area contributed by atoms with Crippen LogP contribution in [0.4, 0.5) is 19.3 Å². The summed E-state index contributed by atoms with van der Waals surface area (Å²) in [5.74, 6) is 3.65. The van der Waals surface area contributed by atoms with E-state index in [1.54, 1.807) is 45.9 Å². The van der Waals surface area contributed by atoms with Crippen molar-refractivity contribution in [3.05, 3.63) is 76.9 Å². The summed E-state index contributed by atoms with van der Waals surface area (Å²) in [4.78, 5) is 41.2. The number of halogens is 2. The predicted molar refractivity (Wildman–Crippen MR) is 208 cm³/mol. The van der Waals surface area contributed by atoms with Crippen LogP contribution in [0, 0.1) is 24.7 Å². The number of carbonyl (C=O) groups is 3. The minimum atomic E-state index is -3.19. The van der Waals surface area contributed by atoms with Crippen LogP contribution in [0.5, 0.6) is 0 Å². The topological polar surface area (TPSA) is 100 Å². The summed E-state index contributed by atoms with van der Waals surface area (Å²) in [7, 11) is 0. The Morgan fingerprint density at radius 3 is 2.44 bits per heavy atom. The monoisotopic (exact) mass is 744 g/mol. The summed E-state index contributed by atoms with van der Waals surface area (Å²) in [5, 5.41) is 7.99. The number of fused-ring (bicyclic) bond motifs is 1. The molecule has 2 saturated heterocycles. The van der Waals surface area contributed by atoms with Crippen LogP contribution >= 0.6 is 0 Å². The fraction of sp³-hybridized carbons (Fsp3) is 0.512. The molecule has 2 aliphatic rings. The average Bonchev–Trinajstić information content (AvgIpc) is 3.43. The Hall–Kier alpha value is -4.69. The van der Waals surface area contributed by atoms with E-state index < -0.39 is 30.2 Å². The normalized spacial score (nSPS) is 18.1. The number of carbonyl (C=O) groups excluding carboxylic acids is 3. The van der Waals surface area contributed by atoms with Gasteiger partial charge in [0.1, 0.15) is 11.6 Å². The van der Waals surface area contributed by atoms with Crippen molar-refractivity contribution in [1.82, 2.24) is 15.1 Å². The quantitative estimate of drug-likeness (QED) is 0.116. The minimum Gasteiger partial charge on any atom is -0.466 e. The zero-order valence-corrected chi connectivity index (χ0v) is 32.4. The lowest BCUT2D eigenvalue weighted by Crippen LogP contribution is -2.38. The van der Waals surface area contributed by atoms with Crippen molar-refractivity contribution in [3.8, 4) is 11.8 Å². The summed E-state index contributed by atoms with van der Waals surface area (Å²) < 4.78 is 40.4. The Bertz CT molecular complexity index is 1870. The second kappa shape index (κ2) is 17.6. The van der Waals surface area contributed by atoms with Gasteiger partial charge in [0.25, 0.3) is 11.8 Å². The van der Waals surface area contributed by atoms with Crippen molar-refractivity contribution in [3.63, 3.8) is 0 Å². The number of unbranched alkanes of at least 4 members (excludes halogenated alkanes) is 1. The zero-order chi connectivity index (χ0) is 39.0. The maximum atomic E-state index is 15.0. The highest BCUT2D eigenvalue weighted by Crippen LogP contribution is 2.32. The number of amides is 2. The molecule has 3 aromatic carbocycles. The van der Waals surface area contributed by atoms with E-state index in [0.717, 1.165) is 72.1 Å². The van der Waals surface area contributed by atoms with Gasteiger partial charge in [-0.3, -0.25) is 14.5 Å². The van der Waals surface area contributed by atoms with E-state index in [0.29, 0.717) is 35.8 Å². The number of ether oxygens (including phenoxy) is 2. The van der Waals surface area contributed by atoms with Crippen molar-refractivity contribution in [1.29, 1.82) is 0 Å². The number of aryl methyl sites for hydroxylation is 1. The first-order valence-corrected chi connectivity index (χ1v) is 19.1. The maximum Gasteiger partial charge on any atom is 0.410 e. The summed E-state index contributed by atoms with van der Waals surface area (Å²) >= 11 is 0. The third-order valence-electron chi connectivity index (χ3n) is 9.97. The molecule has 0 saturated carbocycles. The molecule has 9 nitrogen and oxygen atoms in total. The maximum absolute atomic E-state index is 15.0. The molecule has 5 rings (SSSR count). The van der Waals surface area contributed by atoms with Crippen LogP contribution in [0.3, 0.4) is 0 Å². The minimum absolute atomic E-state index is 0.120. The third-order valence-corrected chi connectivity index (χ3v) is 9.97. The number of piperidine rings is 1. The van der Waals surface area contributed by atoms with E-state index in [1.165, 1.54) is 0 Å². The fourth-order valence-corrected chi connectivity index (χ4v) is 7.04. The Kier molecular flexibility index (Phi) is 13.2. The number of likely N-dealkylation sites (tertiary alicyclic amines) is 2. The molecular formula is C43H54F2N4O5. The summed E-state index contributed by atoms with van der Waals surface area (Å²) in [6.45, 7) is 13.0. The van der Waals surface area contributed by atoms with E-state index in [-0.39, 0.29) is 24.5 Å². The van der Waals surface area contributed by atoms with E-state index in [1.807, 2.05) is 44.2 Å². The number of benzene rings is 3. The molecule has 2 heterocycles. The molecule has 0 aromatic heterocycles. The number of nitrogens with one attached hydrogen (secondary N) is 2. The first-order valence-electron chi connectivity index (χ1n) is 19.1. The van der Waals surface area contributed by atoms with E-state index in [2.05, 4.69) is 33.4 Å². The van der Waals surface area contributed by atoms with Gasteiger partial charge in [-0.25, -0.2) is 13.6 Å². The molecule has 2 aliphatic heterocycles. The van der Waals surface area contributed by atoms with Crippen molar-refractivity contribution < 1.29 is 32.6 Å². The molecule has 1 unspecified atom stereocenters. The number of anilines is 1. The van der Waals surface area contributed by atoms with Gasteiger partial charge in [-0.15, -0.1) is 0 Å². The van der Waals surface area contributed by atoms with Crippen LogP contribution in [0.15, 0.2) is 54.6 Å². The van der Waals surface area contributed by atoms with Crippen LogP contribution in [-0.2, 0) is 14.3 Å². The molecule has 0 bridgehead atoms. The number of hydrogen-bond acceptors (Lipinski definition) is 7. The molecule has 2 amide bonds. The Labute approximate surface area is 318 Å². The van der Waals surface area contributed by atoms with Gasteiger partial charge in [0.05, 0.1) is 25.7 Å². The summed E-state index contributed by atoms with van der Waals surface area (Å²) in [6.07, 6.45) is 3.53. The highest BCUT2D eigenvalue weighted by atomic mass is 19.3. The van der Waals surface area contributed by atoms with Crippen molar-refractivity contribution in [2.24, 2.45) is 5.92 Å². The highest BCUT2D eigenvalue weighted by Gasteiger charge is 2.50. The summed E-state index contributed by atoms with van der Waals surface area (Å²) in [5.41, 5.74) is 2.52. The van der Waals surface area contributed by atoms with E-state index in [4.69, 9.17) is 9.47 Å². The van der Waals surface area contributed by atoms with Crippen LogP contribution in [-0.4, -0.2) is 84.7 Å². The zero-order valence-electron chi connectivity index (χ0n) is 32.4. The lowest BCUT2D eigenvalue weighted by atomic mass is 9.94. The van der Waals surface area contributed by atoms with E-state index in [9.17, 15) is 14.4 Å². The van der Waals surface area contributed by atoms with Crippen LogP contribution < -0.4 is 10.6 Å². The SMILES string of the molecule is CCOC(=O)CCCCN1CCC(C#Cc2ccc([C@@H](C)NC(=O)c3cc(NC4CN(C(=O)OC(C)(C)C)CC4(F)F)ccc3C)c3ccccc23)CC1. The molecule has 11 heteroatoms. The van der Waals surface area contributed by atoms with Crippen LogP contribution in [0.2, 0.25) is 0 Å². The molecule has 0 spiro atoms. The van der Waals surface area contributed by atoms with Crippen molar-refractivity contribution in [2.75, 3.05) is 44.6 Å². The lowest BCUT2D eigenvalue weighted by Gasteiger charge is -2.29. The molecule has 54 heavy (non-hydrogen) atoms. The van der Waals surface area contributed by atoms with E-state index >= 15 is 8.78 Å². The second-order valence-electron chi connectivity index (χ2n) is 15.4. The standard InChI is InChI=1S/C43H54F2N4O5/c1-7-53-39(50)14-10-11-23-48-24-21-31(22-25-48)16-17-32-18-20-34(36-13-9-8-12-35(32)36)30(3)46-40(51)37-26-33(19-15-29(37)2)47-38-27-49(28-43(38,44)45)41(52)54-42(4,5)6/h8-9,12-13,15,18-20,26,30-31,38,47H,7,10-11,14,21-25,27-28H2,1-6H3,(H,46,51)/t30-,38?/m1/s1. The van der Waals surface area contributed by atoms with Crippen molar-refractivity contribution >= 4 is 34.4 Å². The third kappa shape index (κ3) is 10.7. The molecule has 0 aliphatic carbocycles. The number of alkyl halides is 2. The van der Waals surface area contributed by atoms with Gasteiger partial charge in [-0.05, 0) is 127 Å². The van der Waals surface area contributed by atoms with Gasteiger partial charge in [-0.1, -0.05) is 48.2 Å². The van der Waals surface area contributed by atoms with Gasteiger partial charge in [0, 0.05) is 29.2 Å².